The molecular weight excluding hydrogens is 390 g/mol. The van der Waals surface area contributed by atoms with E-state index in [9.17, 15) is 8.42 Å². The third-order valence-electron chi connectivity index (χ3n) is 4.48. The molecule has 0 unspecified atom stereocenters. The molecule has 0 bridgehead atoms. The average Bonchev–Trinajstić information content (AvgIpc) is 3.16. The molecule has 154 valence electrons. The van der Waals surface area contributed by atoms with E-state index in [0.29, 0.717) is 29.2 Å². The van der Waals surface area contributed by atoms with Crippen LogP contribution >= 0.6 is 0 Å². The zero-order valence-corrected chi connectivity index (χ0v) is 17.8. The summed E-state index contributed by atoms with van der Waals surface area (Å²) in [6.45, 7) is 6.05. The molecule has 0 aliphatic rings. The summed E-state index contributed by atoms with van der Waals surface area (Å²) in [6, 6.07) is 11.9. The number of para-hydroxylation sites is 1. The monoisotopic (exact) mass is 415 g/mol. The van der Waals surface area contributed by atoms with Gasteiger partial charge in [0.05, 0.1) is 23.3 Å². The molecule has 2 aromatic carbocycles. The van der Waals surface area contributed by atoms with Crippen LogP contribution in [0.2, 0.25) is 0 Å². The molecule has 3 aromatic rings. The minimum atomic E-state index is -3.82. The first kappa shape index (κ1) is 20.9. The van der Waals surface area contributed by atoms with Crippen molar-refractivity contribution in [3.63, 3.8) is 0 Å². The Bertz CT molecular complexity index is 1090. The van der Waals surface area contributed by atoms with Gasteiger partial charge in [-0.2, -0.15) is 4.98 Å². The van der Waals surface area contributed by atoms with E-state index in [1.54, 1.807) is 18.2 Å². The van der Waals surface area contributed by atoms with Crippen LogP contribution in [-0.4, -0.2) is 25.7 Å². The number of ether oxygens (including phenoxy) is 1. The highest BCUT2D eigenvalue weighted by atomic mass is 32.2. The van der Waals surface area contributed by atoms with E-state index in [0.717, 1.165) is 12.0 Å². The minimum Gasteiger partial charge on any atom is -0.496 e. The Kier molecular flexibility index (Phi) is 6.22. The van der Waals surface area contributed by atoms with Crippen LogP contribution in [-0.2, 0) is 16.4 Å². The van der Waals surface area contributed by atoms with E-state index in [1.165, 1.54) is 19.2 Å². The van der Waals surface area contributed by atoms with Gasteiger partial charge >= 0.3 is 0 Å². The maximum Gasteiger partial charge on any atom is 0.261 e. The van der Waals surface area contributed by atoms with Gasteiger partial charge in [0.25, 0.3) is 15.9 Å². The lowest BCUT2D eigenvalue weighted by Crippen LogP contribution is -2.14. The topological polar surface area (TPSA) is 94.3 Å². The fraction of sp³-hybridized carbons (Fsp3) is 0.333. The predicted octanol–water partition coefficient (Wildman–Crippen LogP) is 4.62. The number of nitrogens with zero attached hydrogens (tertiary/aromatic N) is 2. The average molecular weight is 416 g/mol. The Balaban J connectivity index is 2.00. The van der Waals surface area contributed by atoms with E-state index >= 15 is 0 Å². The van der Waals surface area contributed by atoms with Crippen LogP contribution in [0.15, 0.2) is 51.9 Å². The Hall–Kier alpha value is -2.87. The Labute approximate surface area is 171 Å². The predicted molar refractivity (Wildman–Crippen MR) is 112 cm³/mol. The molecule has 0 saturated heterocycles. The molecule has 0 spiro atoms. The zero-order chi connectivity index (χ0) is 21.0. The normalized spacial score (nSPS) is 11.6. The van der Waals surface area contributed by atoms with Crippen LogP contribution in [0.3, 0.4) is 0 Å². The van der Waals surface area contributed by atoms with Gasteiger partial charge in [-0.25, -0.2) is 8.42 Å². The van der Waals surface area contributed by atoms with Gasteiger partial charge in [-0.05, 0) is 42.2 Å². The SMILES string of the molecule is CCCc1noc(-c2cc(S(=O)(=O)Nc3ccccc3C(C)C)ccc2OC)n1. The molecule has 0 saturated carbocycles. The zero-order valence-electron chi connectivity index (χ0n) is 17.0. The summed E-state index contributed by atoms with van der Waals surface area (Å²) in [4.78, 5) is 4.44. The van der Waals surface area contributed by atoms with Gasteiger partial charge in [0.1, 0.15) is 5.75 Å². The van der Waals surface area contributed by atoms with E-state index in [1.807, 2.05) is 32.9 Å². The smallest absolute Gasteiger partial charge is 0.261 e. The fourth-order valence-electron chi connectivity index (χ4n) is 3.01. The number of anilines is 1. The van der Waals surface area contributed by atoms with Crippen LogP contribution in [0.5, 0.6) is 5.75 Å². The van der Waals surface area contributed by atoms with Crippen molar-refractivity contribution in [2.45, 2.75) is 44.4 Å². The number of methoxy groups -OCH3 is 1. The van der Waals surface area contributed by atoms with Crippen molar-refractivity contribution in [3.05, 3.63) is 53.9 Å². The third-order valence-corrected chi connectivity index (χ3v) is 5.84. The third kappa shape index (κ3) is 4.59. The standard InChI is InChI=1S/C21H25N3O4S/c1-5-8-20-22-21(28-23-20)17-13-15(11-12-19(17)27-4)29(25,26)24-18-10-7-6-9-16(18)14(2)3/h6-7,9-14,24H,5,8H2,1-4H3. The van der Waals surface area contributed by atoms with E-state index in [4.69, 9.17) is 9.26 Å². The summed E-state index contributed by atoms with van der Waals surface area (Å²) in [7, 11) is -2.32. The lowest BCUT2D eigenvalue weighted by molar-refractivity contribution is 0.402. The van der Waals surface area contributed by atoms with Gasteiger partial charge in [-0.3, -0.25) is 4.72 Å². The number of benzene rings is 2. The quantitative estimate of drug-likeness (QED) is 0.577. The number of hydrogen-bond donors (Lipinski definition) is 1. The molecular formula is C21H25N3O4S. The molecule has 0 amide bonds. The Morgan fingerprint density at radius 2 is 1.93 bits per heavy atom. The van der Waals surface area contributed by atoms with Crippen LogP contribution < -0.4 is 9.46 Å². The highest BCUT2D eigenvalue weighted by molar-refractivity contribution is 7.92. The van der Waals surface area contributed by atoms with Crippen molar-refractivity contribution in [2.24, 2.45) is 0 Å². The lowest BCUT2D eigenvalue weighted by Gasteiger charge is -2.15. The molecule has 0 atom stereocenters. The second-order valence-electron chi connectivity index (χ2n) is 6.98. The number of nitrogens with one attached hydrogen (secondary N) is 1. The molecule has 29 heavy (non-hydrogen) atoms. The first-order valence-electron chi connectivity index (χ1n) is 9.48. The van der Waals surface area contributed by atoms with Gasteiger partial charge in [-0.15, -0.1) is 0 Å². The second-order valence-corrected chi connectivity index (χ2v) is 8.66. The highest BCUT2D eigenvalue weighted by Crippen LogP contribution is 2.33. The van der Waals surface area contributed by atoms with Crippen molar-refractivity contribution < 1.29 is 17.7 Å². The molecule has 0 radical (unpaired) electrons. The van der Waals surface area contributed by atoms with Crippen molar-refractivity contribution in [3.8, 4) is 17.2 Å². The van der Waals surface area contributed by atoms with Crippen LogP contribution in [0, 0.1) is 0 Å². The largest absolute Gasteiger partial charge is 0.496 e. The fourth-order valence-corrected chi connectivity index (χ4v) is 4.12. The van der Waals surface area contributed by atoms with Crippen LogP contribution in [0.4, 0.5) is 5.69 Å². The summed E-state index contributed by atoms with van der Waals surface area (Å²) in [5.74, 6) is 1.43. The van der Waals surface area contributed by atoms with Gasteiger partial charge < -0.3 is 9.26 Å². The molecule has 1 aromatic heterocycles. The highest BCUT2D eigenvalue weighted by Gasteiger charge is 2.21. The van der Waals surface area contributed by atoms with Crippen molar-refractivity contribution in [1.82, 2.24) is 10.1 Å². The summed E-state index contributed by atoms with van der Waals surface area (Å²) < 4.78 is 39.5. The van der Waals surface area contributed by atoms with Crippen molar-refractivity contribution >= 4 is 15.7 Å². The second kappa shape index (κ2) is 8.65. The molecule has 7 nitrogen and oxygen atoms in total. The van der Waals surface area contributed by atoms with Gasteiger partial charge in [0.2, 0.25) is 0 Å². The maximum absolute atomic E-state index is 13.0. The van der Waals surface area contributed by atoms with Crippen LogP contribution in [0.1, 0.15) is 44.5 Å². The summed E-state index contributed by atoms with van der Waals surface area (Å²) >= 11 is 0. The number of aromatic nitrogens is 2. The van der Waals surface area contributed by atoms with E-state index < -0.39 is 10.0 Å². The summed E-state index contributed by atoms with van der Waals surface area (Å²) in [6.07, 6.45) is 1.56. The molecule has 0 fully saturated rings. The van der Waals surface area contributed by atoms with Gasteiger partial charge in [-0.1, -0.05) is 44.1 Å². The molecule has 3 rings (SSSR count). The number of aryl methyl sites for hydroxylation is 1. The maximum atomic E-state index is 13.0. The van der Waals surface area contributed by atoms with Gasteiger partial charge in [0.15, 0.2) is 5.82 Å². The summed E-state index contributed by atoms with van der Waals surface area (Å²) in [5, 5.41) is 3.94. The molecule has 0 aliphatic carbocycles. The van der Waals surface area contributed by atoms with Gasteiger partial charge in [0, 0.05) is 6.42 Å². The van der Waals surface area contributed by atoms with Crippen LogP contribution in [0.25, 0.3) is 11.5 Å². The van der Waals surface area contributed by atoms with E-state index in [2.05, 4.69) is 14.9 Å². The summed E-state index contributed by atoms with van der Waals surface area (Å²) in [5.41, 5.74) is 1.91. The number of sulfonamides is 1. The van der Waals surface area contributed by atoms with E-state index in [-0.39, 0.29) is 16.7 Å². The molecule has 1 N–H and O–H groups in total. The molecule has 1 heterocycles. The molecule has 0 aliphatic heterocycles. The Morgan fingerprint density at radius 3 is 2.62 bits per heavy atom. The minimum absolute atomic E-state index is 0.0853. The van der Waals surface area contributed by atoms with Crippen molar-refractivity contribution in [1.29, 1.82) is 0 Å². The first-order valence-corrected chi connectivity index (χ1v) is 11.0. The molecule has 8 heteroatoms. The Morgan fingerprint density at radius 1 is 1.17 bits per heavy atom. The first-order chi connectivity index (χ1) is 13.9. The van der Waals surface area contributed by atoms with Crippen molar-refractivity contribution in [2.75, 3.05) is 11.8 Å². The number of hydrogen-bond acceptors (Lipinski definition) is 6. The lowest BCUT2D eigenvalue weighted by atomic mass is 10.0. The number of rotatable bonds is 8.